The standard InChI is InChI=1S/C25H18Cl2F3N3O2/c1-14-9-23(31-17-4-2-3-15(10-17)25(28,29)30)33-21-7-6-18(12-19(14)21)32-24(34)13-35-22-8-5-16(26)11-20(22)27/h2-12H,13H2,1H3,(H,31,33)(H,32,34). The Bertz CT molecular complexity index is 1410. The zero-order chi connectivity index (χ0) is 25.2. The van der Waals surface area contributed by atoms with E-state index in [2.05, 4.69) is 15.6 Å². The molecule has 35 heavy (non-hydrogen) atoms. The van der Waals surface area contributed by atoms with Crippen molar-refractivity contribution >= 4 is 57.2 Å². The number of benzene rings is 3. The van der Waals surface area contributed by atoms with Crippen molar-refractivity contribution in [3.05, 3.63) is 87.9 Å². The van der Waals surface area contributed by atoms with Crippen LogP contribution in [0, 0.1) is 6.92 Å². The Hall–Kier alpha value is -3.49. The molecular formula is C25H18Cl2F3N3O2. The van der Waals surface area contributed by atoms with Crippen molar-refractivity contribution in [1.29, 1.82) is 0 Å². The number of rotatable bonds is 6. The number of hydrogen-bond acceptors (Lipinski definition) is 4. The smallest absolute Gasteiger partial charge is 0.416 e. The van der Waals surface area contributed by atoms with Gasteiger partial charge in [-0.05, 0) is 73.2 Å². The highest BCUT2D eigenvalue weighted by Gasteiger charge is 2.30. The van der Waals surface area contributed by atoms with Crippen LogP contribution in [0.4, 0.5) is 30.4 Å². The van der Waals surface area contributed by atoms with Crippen molar-refractivity contribution in [1.82, 2.24) is 4.98 Å². The Morgan fingerprint density at radius 3 is 2.54 bits per heavy atom. The van der Waals surface area contributed by atoms with Crippen LogP contribution in [0.15, 0.2) is 66.7 Å². The summed E-state index contributed by atoms with van der Waals surface area (Å²) in [6, 6.07) is 16.5. The number of carbonyl (C=O) groups is 1. The lowest BCUT2D eigenvalue weighted by Gasteiger charge is -2.13. The first-order chi connectivity index (χ1) is 16.6. The zero-order valence-corrected chi connectivity index (χ0v) is 19.7. The third-order valence-corrected chi connectivity index (χ3v) is 5.54. The van der Waals surface area contributed by atoms with Crippen molar-refractivity contribution in [2.24, 2.45) is 0 Å². The molecule has 180 valence electrons. The molecule has 0 aliphatic carbocycles. The number of alkyl halides is 3. The van der Waals surface area contributed by atoms with Gasteiger partial charge in [-0.1, -0.05) is 29.3 Å². The molecule has 0 spiro atoms. The van der Waals surface area contributed by atoms with Crippen molar-refractivity contribution in [2.45, 2.75) is 13.1 Å². The maximum absolute atomic E-state index is 13.0. The van der Waals surface area contributed by atoms with Crippen LogP contribution >= 0.6 is 23.2 Å². The van der Waals surface area contributed by atoms with E-state index in [9.17, 15) is 18.0 Å². The highest BCUT2D eigenvalue weighted by atomic mass is 35.5. The van der Waals surface area contributed by atoms with Crippen molar-refractivity contribution < 1.29 is 22.7 Å². The molecular weight excluding hydrogens is 502 g/mol. The van der Waals surface area contributed by atoms with Gasteiger partial charge in [0.2, 0.25) is 0 Å². The van der Waals surface area contributed by atoms with Gasteiger partial charge in [-0.25, -0.2) is 4.98 Å². The largest absolute Gasteiger partial charge is 0.482 e. The second kappa shape index (κ2) is 10.0. The fraction of sp³-hybridized carbons (Fsp3) is 0.120. The molecule has 1 amide bonds. The van der Waals surface area contributed by atoms with Crippen LogP contribution in [0.1, 0.15) is 11.1 Å². The number of halogens is 5. The topological polar surface area (TPSA) is 63.2 Å². The van der Waals surface area contributed by atoms with Crippen molar-refractivity contribution in [3.8, 4) is 5.75 Å². The monoisotopic (exact) mass is 519 g/mol. The molecule has 5 nitrogen and oxygen atoms in total. The van der Waals surface area contributed by atoms with Crippen LogP contribution in [0.25, 0.3) is 10.9 Å². The zero-order valence-electron chi connectivity index (χ0n) is 18.2. The number of nitrogens with zero attached hydrogens (tertiary/aromatic N) is 1. The van der Waals surface area contributed by atoms with E-state index in [0.29, 0.717) is 32.8 Å². The molecule has 0 aliphatic heterocycles. The lowest BCUT2D eigenvalue weighted by Crippen LogP contribution is -2.20. The van der Waals surface area contributed by atoms with E-state index in [1.54, 1.807) is 36.4 Å². The molecule has 0 aliphatic rings. The van der Waals surface area contributed by atoms with E-state index >= 15 is 0 Å². The number of amides is 1. The fourth-order valence-corrected chi connectivity index (χ4v) is 3.85. The van der Waals surface area contributed by atoms with Crippen LogP contribution in [-0.4, -0.2) is 17.5 Å². The molecule has 0 atom stereocenters. The van der Waals surface area contributed by atoms with Gasteiger partial charge in [0, 0.05) is 21.8 Å². The summed E-state index contributed by atoms with van der Waals surface area (Å²) in [5.74, 6) is 0.355. The molecule has 0 unspecified atom stereocenters. The molecule has 10 heteroatoms. The first-order valence-corrected chi connectivity index (χ1v) is 11.1. The number of pyridine rings is 1. The highest BCUT2D eigenvalue weighted by Crippen LogP contribution is 2.32. The van der Waals surface area contributed by atoms with Gasteiger partial charge in [-0.3, -0.25) is 4.79 Å². The number of aromatic nitrogens is 1. The average Bonchev–Trinajstić information content (AvgIpc) is 2.78. The van der Waals surface area contributed by atoms with Gasteiger partial charge in [0.05, 0.1) is 16.1 Å². The molecule has 0 radical (unpaired) electrons. The van der Waals surface area contributed by atoms with Gasteiger partial charge < -0.3 is 15.4 Å². The molecule has 4 rings (SSSR count). The molecule has 1 heterocycles. The summed E-state index contributed by atoms with van der Waals surface area (Å²) in [6.45, 7) is 1.59. The number of fused-ring (bicyclic) bond motifs is 1. The Morgan fingerprint density at radius 1 is 1.00 bits per heavy atom. The Kier molecular flexibility index (Phi) is 7.05. The quantitative estimate of drug-likeness (QED) is 0.275. The van der Waals surface area contributed by atoms with Gasteiger partial charge in [-0.15, -0.1) is 0 Å². The number of hydrogen-bond donors (Lipinski definition) is 2. The van der Waals surface area contributed by atoms with Crippen LogP contribution < -0.4 is 15.4 Å². The molecule has 0 saturated heterocycles. The molecule has 1 aromatic heterocycles. The van der Waals surface area contributed by atoms with Crippen LogP contribution in [0.3, 0.4) is 0 Å². The van der Waals surface area contributed by atoms with E-state index < -0.39 is 11.7 Å². The maximum atomic E-state index is 13.0. The van der Waals surface area contributed by atoms with Crippen LogP contribution in [0.2, 0.25) is 10.0 Å². The van der Waals surface area contributed by atoms with Gasteiger partial charge >= 0.3 is 6.18 Å². The number of nitrogens with one attached hydrogen (secondary N) is 2. The van der Waals surface area contributed by atoms with Gasteiger partial charge in [0.1, 0.15) is 11.6 Å². The van der Waals surface area contributed by atoms with Gasteiger partial charge in [0.15, 0.2) is 6.61 Å². The Labute approximate surface area is 208 Å². The van der Waals surface area contributed by atoms with E-state index in [0.717, 1.165) is 23.1 Å². The number of anilines is 3. The molecule has 2 N–H and O–H groups in total. The summed E-state index contributed by atoms with van der Waals surface area (Å²) in [6.07, 6.45) is -4.43. The summed E-state index contributed by atoms with van der Waals surface area (Å²) < 4.78 is 44.4. The lowest BCUT2D eigenvalue weighted by molar-refractivity contribution is -0.137. The second-order valence-corrected chi connectivity index (χ2v) is 8.52. The Morgan fingerprint density at radius 2 is 1.80 bits per heavy atom. The SMILES string of the molecule is Cc1cc(Nc2cccc(C(F)(F)F)c2)nc2ccc(NC(=O)COc3ccc(Cl)cc3Cl)cc12. The molecule has 4 aromatic rings. The molecule has 0 fully saturated rings. The van der Waals surface area contributed by atoms with Crippen LogP contribution in [0.5, 0.6) is 5.75 Å². The number of aryl methyl sites for hydroxylation is 1. The minimum atomic E-state index is -4.43. The molecule has 0 bridgehead atoms. The first-order valence-electron chi connectivity index (χ1n) is 10.3. The second-order valence-electron chi connectivity index (χ2n) is 7.67. The summed E-state index contributed by atoms with van der Waals surface area (Å²) in [5.41, 5.74) is 1.50. The van der Waals surface area contributed by atoms with E-state index in [1.165, 1.54) is 18.2 Å². The van der Waals surface area contributed by atoms with Crippen molar-refractivity contribution in [2.75, 3.05) is 17.2 Å². The van der Waals surface area contributed by atoms with E-state index in [1.807, 2.05) is 6.92 Å². The summed E-state index contributed by atoms with van der Waals surface area (Å²) in [5, 5.41) is 7.21. The summed E-state index contributed by atoms with van der Waals surface area (Å²) in [4.78, 5) is 16.8. The van der Waals surface area contributed by atoms with E-state index in [4.69, 9.17) is 27.9 Å². The Balaban J connectivity index is 1.46. The minimum Gasteiger partial charge on any atom is -0.482 e. The lowest BCUT2D eigenvalue weighted by atomic mass is 10.1. The number of ether oxygens (including phenoxy) is 1. The summed E-state index contributed by atoms with van der Waals surface area (Å²) >= 11 is 11.9. The molecule has 0 saturated carbocycles. The third kappa shape index (κ3) is 6.15. The maximum Gasteiger partial charge on any atom is 0.416 e. The van der Waals surface area contributed by atoms with Gasteiger partial charge in [0.25, 0.3) is 5.91 Å². The van der Waals surface area contributed by atoms with Crippen LogP contribution in [-0.2, 0) is 11.0 Å². The predicted octanol–water partition coefficient (Wildman–Crippen LogP) is 7.63. The highest BCUT2D eigenvalue weighted by molar-refractivity contribution is 6.35. The first kappa shape index (κ1) is 24.6. The fourth-order valence-electron chi connectivity index (χ4n) is 3.39. The molecule has 3 aromatic carbocycles. The third-order valence-electron chi connectivity index (χ3n) is 5.01. The minimum absolute atomic E-state index is 0.254. The summed E-state index contributed by atoms with van der Waals surface area (Å²) in [7, 11) is 0. The normalized spacial score (nSPS) is 11.4. The van der Waals surface area contributed by atoms with Gasteiger partial charge in [-0.2, -0.15) is 13.2 Å². The predicted molar refractivity (Wildman–Crippen MR) is 132 cm³/mol. The average molecular weight is 520 g/mol. The number of carbonyl (C=O) groups excluding carboxylic acids is 1. The van der Waals surface area contributed by atoms with E-state index in [-0.39, 0.29) is 18.2 Å². The van der Waals surface area contributed by atoms with Crippen molar-refractivity contribution in [3.63, 3.8) is 0 Å².